The molecule has 82 valence electrons. The van der Waals surface area contributed by atoms with Crippen LogP contribution in [0, 0.1) is 0 Å². The van der Waals surface area contributed by atoms with Gasteiger partial charge in [0, 0.05) is 23.9 Å². The summed E-state index contributed by atoms with van der Waals surface area (Å²) in [5, 5.41) is 6.06. The van der Waals surface area contributed by atoms with Crippen molar-refractivity contribution in [1.82, 2.24) is 10.3 Å². The van der Waals surface area contributed by atoms with E-state index in [0.29, 0.717) is 0 Å². The minimum absolute atomic E-state index is 0.158. The minimum atomic E-state index is -0.364. The van der Waals surface area contributed by atoms with Gasteiger partial charge in [0.2, 0.25) is 0 Å². The maximum atomic E-state index is 10.8. The van der Waals surface area contributed by atoms with Crippen LogP contribution in [0.3, 0.4) is 0 Å². The van der Waals surface area contributed by atoms with Gasteiger partial charge in [-0.1, -0.05) is 6.92 Å². The Balaban J connectivity index is 2.48. The molecule has 0 radical (unpaired) electrons. The van der Waals surface area contributed by atoms with Crippen LogP contribution in [0.5, 0.6) is 0 Å². The van der Waals surface area contributed by atoms with Crippen molar-refractivity contribution in [3.05, 3.63) is 28.9 Å². The third-order valence-electron chi connectivity index (χ3n) is 1.88. The van der Waals surface area contributed by atoms with Gasteiger partial charge in [-0.05, 0) is 6.42 Å². The van der Waals surface area contributed by atoms with Crippen molar-refractivity contribution in [3.63, 3.8) is 0 Å². The number of esters is 1. The highest BCUT2D eigenvalue weighted by Crippen LogP contribution is 2.18. The molecule has 0 aliphatic carbocycles. The van der Waals surface area contributed by atoms with E-state index in [9.17, 15) is 4.79 Å². The second-order valence-corrected chi connectivity index (χ2v) is 3.78. The molecule has 0 aliphatic heterocycles. The number of methoxy groups -OCH3 is 1. The fourth-order valence-corrected chi connectivity index (χ4v) is 1.85. The number of hydrogen-bond acceptors (Lipinski definition) is 5. The second-order valence-electron chi connectivity index (χ2n) is 2.85. The zero-order chi connectivity index (χ0) is 11.1. The number of thiazole rings is 1. The lowest BCUT2D eigenvalue weighted by Gasteiger charge is -2.11. The van der Waals surface area contributed by atoms with Gasteiger partial charge in [0.15, 0.2) is 0 Å². The number of carbonyl (C=O) groups is 1. The van der Waals surface area contributed by atoms with Crippen molar-refractivity contribution in [2.75, 3.05) is 7.11 Å². The van der Waals surface area contributed by atoms with Gasteiger partial charge in [-0.3, -0.25) is 0 Å². The third kappa shape index (κ3) is 3.71. The van der Waals surface area contributed by atoms with Gasteiger partial charge >= 0.3 is 5.97 Å². The second kappa shape index (κ2) is 6.19. The first-order valence-corrected chi connectivity index (χ1v) is 5.55. The molecule has 1 heterocycles. The first-order chi connectivity index (χ1) is 7.27. The first kappa shape index (κ1) is 11.7. The summed E-state index contributed by atoms with van der Waals surface area (Å²) in [7, 11) is 1.35. The van der Waals surface area contributed by atoms with Crippen LogP contribution in [-0.4, -0.2) is 18.1 Å². The Kier molecular flexibility index (Phi) is 4.83. The predicted molar refractivity (Wildman–Crippen MR) is 59.4 cm³/mol. The molecule has 1 aromatic heterocycles. The van der Waals surface area contributed by atoms with Crippen molar-refractivity contribution in [2.45, 2.75) is 19.4 Å². The van der Waals surface area contributed by atoms with Crippen molar-refractivity contribution in [2.24, 2.45) is 0 Å². The molecule has 4 nitrogen and oxygen atoms in total. The highest BCUT2D eigenvalue weighted by atomic mass is 32.1. The quantitative estimate of drug-likeness (QED) is 0.615. The molecule has 5 heteroatoms. The van der Waals surface area contributed by atoms with Gasteiger partial charge < -0.3 is 10.1 Å². The van der Waals surface area contributed by atoms with E-state index < -0.39 is 0 Å². The zero-order valence-electron chi connectivity index (χ0n) is 8.77. The van der Waals surface area contributed by atoms with Gasteiger partial charge in [-0.25, -0.2) is 9.78 Å². The lowest BCUT2D eigenvalue weighted by Crippen LogP contribution is -2.14. The van der Waals surface area contributed by atoms with Crippen LogP contribution in [0.25, 0.3) is 0 Å². The van der Waals surface area contributed by atoms with Crippen LogP contribution in [0.1, 0.15) is 24.4 Å². The maximum Gasteiger partial charge on any atom is 0.331 e. The molecule has 0 bridgehead atoms. The van der Waals surface area contributed by atoms with Crippen molar-refractivity contribution >= 4 is 17.3 Å². The van der Waals surface area contributed by atoms with E-state index in [4.69, 9.17) is 0 Å². The summed E-state index contributed by atoms with van der Waals surface area (Å²) < 4.78 is 4.48. The summed E-state index contributed by atoms with van der Waals surface area (Å²) in [6.07, 6.45) is 5.64. The van der Waals surface area contributed by atoms with Gasteiger partial charge in [0.05, 0.1) is 13.2 Å². The maximum absolute atomic E-state index is 10.8. The van der Waals surface area contributed by atoms with Crippen LogP contribution in [0.4, 0.5) is 0 Å². The molecular weight excluding hydrogens is 212 g/mol. The fourth-order valence-electron chi connectivity index (χ4n) is 1.07. The highest BCUT2D eigenvalue weighted by molar-refractivity contribution is 7.09. The topological polar surface area (TPSA) is 51.2 Å². The Labute approximate surface area is 93.0 Å². The minimum Gasteiger partial charge on any atom is -0.466 e. The Morgan fingerprint density at radius 2 is 2.60 bits per heavy atom. The summed E-state index contributed by atoms with van der Waals surface area (Å²) in [6, 6.07) is 0.158. The summed E-state index contributed by atoms with van der Waals surface area (Å²) in [5.74, 6) is -0.364. The van der Waals surface area contributed by atoms with Crippen molar-refractivity contribution in [3.8, 4) is 0 Å². The molecular formula is C10H14N2O2S. The lowest BCUT2D eigenvalue weighted by molar-refractivity contribution is -0.134. The number of nitrogens with zero attached hydrogens (tertiary/aromatic N) is 1. The van der Waals surface area contributed by atoms with Crippen LogP contribution in [0.15, 0.2) is 23.9 Å². The average Bonchev–Trinajstić information content (AvgIpc) is 2.77. The van der Waals surface area contributed by atoms with Crippen LogP contribution >= 0.6 is 11.3 Å². The number of aromatic nitrogens is 1. The van der Waals surface area contributed by atoms with E-state index >= 15 is 0 Å². The molecule has 1 atom stereocenters. The Morgan fingerprint density at radius 1 is 1.80 bits per heavy atom. The number of nitrogens with one attached hydrogen (secondary N) is 1. The highest BCUT2D eigenvalue weighted by Gasteiger charge is 2.08. The Morgan fingerprint density at radius 3 is 3.13 bits per heavy atom. The average molecular weight is 226 g/mol. The van der Waals surface area contributed by atoms with Gasteiger partial charge in [0.25, 0.3) is 0 Å². The van der Waals surface area contributed by atoms with Crippen molar-refractivity contribution in [1.29, 1.82) is 0 Å². The lowest BCUT2D eigenvalue weighted by atomic mass is 10.2. The molecule has 1 N–H and O–H groups in total. The van der Waals surface area contributed by atoms with E-state index in [1.165, 1.54) is 13.2 Å². The molecule has 15 heavy (non-hydrogen) atoms. The molecule has 1 unspecified atom stereocenters. The summed E-state index contributed by atoms with van der Waals surface area (Å²) in [5.41, 5.74) is 0. The van der Waals surface area contributed by atoms with E-state index in [-0.39, 0.29) is 12.0 Å². The zero-order valence-corrected chi connectivity index (χ0v) is 9.58. The molecule has 1 aromatic rings. The first-order valence-electron chi connectivity index (χ1n) is 4.67. The molecule has 1 rings (SSSR count). The monoisotopic (exact) mass is 226 g/mol. The predicted octanol–water partition coefficient (Wildman–Crippen LogP) is 1.87. The molecule has 0 spiro atoms. The van der Waals surface area contributed by atoms with E-state index in [1.54, 1.807) is 23.7 Å². The third-order valence-corrected chi connectivity index (χ3v) is 2.76. The van der Waals surface area contributed by atoms with E-state index in [1.807, 2.05) is 5.38 Å². The molecule has 0 aliphatic rings. The normalized spacial score (nSPS) is 12.7. The number of rotatable bonds is 5. The molecule has 0 aromatic carbocycles. The number of ether oxygens (including phenoxy) is 1. The van der Waals surface area contributed by atoms with Gasteiger partial charge in [-0.2, -0.15) is 0 Å². The Hall–Kier alpha value is -1.36. The van der Waals surface area contributed by atoms with Crippen LogP contribution in [0.2, 0.25) is 0 Å². The standard InChI is InChI=1S/C10H14N2O2S/c1-3-8(10-12-6-7-15-10)11-5-4-9(13)14-2/h4-8,11H,3H2,1-2H3/b5-4+. The summed E-state index contributed by atoms with van der Waals surface area (Å²) in [6.45, 7) is 2.06. The van der Waals surface area contributed by atoms with E-state index in [0.717, 1.165) is 11.4 Å². The number of hydrogen-bond donors (Lipinski definition) is 1. The molecule has 0 fully saturated rings. The van der Waals surface area contributed by atoms with Gasteiger partial charge in [-0.15, -0.1) is 11.3 Å². The molecule has 0 saturated heterocycles. The molecule has 0 amide bonds. The SMILES string of the molecule is CCC(N/C=C/C(=O)OC)c1nccs1. The largest absolute Gasteiger partial charge is 0.466 e. The summed E-state index contributed by atoms with van der Waals surface area (Å²) in [4.78, 5) is 15.0. The van der Waals surface area contributed by atoms with Crippen molar-refractivity contribution < 1.29 is 9.53 Å². The Bertz CT molecular complexity index is 322. The fraction of sp³-hybridized carbons (Fsp3) is 0.400. The summed E-state index contributed by atoms with van der Waals surface area (Å²) >= 11 is 1.60. The smallest absolute Gasteiger partial charge is 0.331 e. The van der Waals surface area contributed by atoms with Crippen LogP contribution < -0.4 is 5.32 Å². The van der Waals surface area contributed by atoms with Crippen LogP contribution in [-0.2, 0) is 9.53 Å². The number of carbonyl (C=O) groups excluding carboxylic acids is 1. The van der Waals surface area contributed by atoms with E-state index in [2.05, 4.69) is 22.0 Å². The molecule has 0 saturated carbocycles. The van der Waals surface area contributed by atoms with Gasteiger partial charge in [0.1, 0.15) is 5.01 Å².